The summed E-state index contributed by atoms with van der Waals surface area (Å²) in [7, 11) is 0. The fourth-order valence-corrected chi connectivity index (χ4v) is 10.6. The predicted molar refractivity (Wildman–Crippen MR) is 451 cm³/mol. The van der Waals surface area contributed by atoms with Crippen LogP contribution in [0.3, 0.4) is 0 Å². The molecular formula is C81H67Cl5F5N15O16. The number of aromatic carboxylic acids is 1. The highest BCUT2D eigenvalue weighted by Gasteiger charge is 2.38. The third-order valence-corrected chi connectivity index (χ3v) is 17.0. The molecule has 0 bridgehead atoms. The predicted octanol–water partition coefficient (Wildman–Crippen LogP) is 19.3. The summed E-state index contributed by atoms with van der Waals surface area (Å²) >= 11 is 28.6. The van der Waals surface area contributed by atoms with E-state index in [4.69, 9.17) is 80.3 Å². The highest BCUT2D eigenvalue weighted by atomic mass is 35.5. The Kier molecular flexibility index (Phi) is 35.5. The number of anilines is 6. The molecule has 0 atom stereocenters. The van der Waals surface area contributed by atoms with Crippen molar-refractivity contribution in [2.45, 2.75) is 53.8 Å². The molecule has 12 rings (SSSR count). The van der Waals surface area contributed by atoms with Gasteiger partial charge in [-0.3, -0.25) is 69.2 Å². The number of amides is 4. The maximum absolute atomic E-state index is 13.2. The fourth-order valence-electron chi connectivity index (χ4n) is 10.0. The topological polar surface area (TPSA) is 474 Å². The second-order valence-corrected chi connectivity index (χ2v) is 27.2. The number of carbonyl (C=O) groups excluding carboxylic acids is 6. The number of rotatable bonds is 18. The molecule has 4 amide bonds. The summed E-state index contributed by atoms with van der Waals surface area (Å²) in [6.07, 6.45) is -5.92. The summed E-state index contributed by atoms with van der Waals surface area (Å²) < 4.78 is 62.9. The molecule has 0 saturated carbocycles. The minimum atomic E-state index is -4.87. The maximum atomic E-state index is 13.2. The van der Waals surface area contributed by atoms with Crippen LogP contribution in [-0.4, -0.2) is 91.7 Å². The van der Waals surface area contributed by atoms with E-state index in [-0.39, 0.29) is 52.6 Å². The van der Waals surface area contributed by atoms with Gasteiger partial charge in [-0.05, 0) is 235 Å². The maximum Gasteiger partial charge on any atom is 0.450 e. The van der Waals surface area contributed by atoms with E-state index in [2.05, 4.69) is 31.5 Å². The molecule has 0 radical (unpaired) electrons. The van der Waals surface area contributed by atoms with Gasteiger partial charge in [-0.25, -0.2) is 14.2 Å². The zero-order chi connectivity index (χ0) is 90.6. The molecule has 0 saturated heterocycles. The highest BCUT2D eigenvalue weighted by molar-refractivity contribution is 6.32. The molecule has 11 N–H and O–H groups in total. The number of carboxylic acid groups (broad SMARTS) is 1. The highest BCUT2D eigenvalue weighted by Crippen LogP contribution is 2.31. The number of halogens is 10. The minimum Gasteiger partial charge on any atom is -0.478 e. The Morgan fingerprint density at radius 3 is 1.02 bits per heavy atom. The normalized spacial score (nSPS) is 10.3. The molecule has 0 aliphatic heterocycles. The Bertz CT molecular complexity index is 5850. The zero-order valence-electron chi connectivity index (χ0n) is 63.9. The number of benzene rings is 10. The van der Waals surface area contributed by atoms with E-state index in [1.165, 1.54) is 59.3 Å². The molecule has 122 heavy (non-hydrogen) atoms. The Morgan fingerprint density at radius 1 is 0.418 bits per heavy atom. The van der Waals surface area contributed by atoms with E-state index in [9.17, 15) is 96.0 Å². The lowest BCUT2D eigenvalue weighted by Crippen LogP contribution is -2.24. The second kappa shape index (κ2) is 44.9. The fraction of sp³-hybridized carbons (Fsp3) is 0.0988. The van der Waals surface area contributed by atoms with Crippen LogP contribution < -0.4 is 38.5 Å². The first kappa shape index (κ1) is 96.4. The third kappa shape index (κ3) is 29.9. The van der Waals surface area contributed by atoms with Crippen LogP contribution in [0.15, 0.2) is 224 Å². The van der Waals surface area contributed by atoms with Gasteiger partial charge >= 0.3 is 23.5 Å². The van der Waals surface area contributed by atoms with Gasteiger partial charge in [0.05, 0.1) is 54.4 Å². The number of nitrogens with zero attached hydrogens (tertiary/aromatic N) is 8. The van der Waals surface area contributed by atoms with Crippen LogP contribution in [0.4, 0.5) is 78.8 Å². The summed E-state index contributed by atoms with van der Waals surface area (Å²) in [5.74, 6) is -6.97. The van der Waals surface area contributed by atoms with Crippen LogP contribution in [0.5, 0.6) is 0 Å². The van der Waals surface area contributed by atoms with Crippen molar-refractivity contribution >= 4 is 156 Å². The van der Waals surface area contributed by atoms with Gasteiger partial charge in [0.15, 0.2) is 0 Å². The van der Waals surface area contributed by atoms with Crippen LogP contribution >= 0.6 is 58.0 Å². The Hall–Kier alpha value is -14.4. The molecule has 41 heteroatoms. The molecule has 0 spiro atoms. The number of aryl methyl sites for hydroxylation is 4. The van der Waals surface area contributed by atoms with Crippen molar-refractivity contribution < 1.29 is 80.3 Å². The molecule has 10 aromatic carbocycles. The summed E-state index contributed by atoms with van der Waals surface area (Å²) in [5, 5.41) is 73.5. The van der Waals surface area contributed by atoms with E-state index in [0.29, 0.717) is 81.4 Å². The molecule has 0 fully saturated rings. The van der Waals surface area contributed by atoms with Gasteiger partial charge in [-0.15, -0.1) is 0 Å². The van der Waals surface area contributed by atoms with Crippen molar-refractivity contribution in [2.24, 2.45) is 5.73 Å². The number of nitrogens with one attached hydrogen (secondary N) is 4. The molecule has 0 unspecified atom stereocenters. The zero-order valence-corrected chi connectivity index (χ0v) is 67.7. The molecule has 2 heterocycles. The van der Waals surface area contributed by atoms with Gasteiger partial charge < -0.3 is 43.6 Å². The number of nitro groups is 4. The van der Waals surface area contributed by atoms with Crippen molar-refractivity contribution in [1.29, 1.82) is 0 Å². The number of ketones is 2. The lowest BCUT2D eigenvalue weighted by atomic mass is 10.1. The minimum absolute atomic E-state index is 0.0573. The summed E-state index contributed by atoms with van der Waals surface area (Å²) in [4.78, 5) is 119. The van der Waals surface area contributed by atoms with Crippen molar-refractivity contribution in [1.82, 2.24) is 19.6 Å². The number of nitrogens with two attached hydrogens (primary N) is 3. The number of aromatic nitrogens is 4. The van der Waals surface area contributed by atoms with Crippen LogP contribution in [0, 0.1) is 79.8 Å². The summed E-state index contributed by atoms with van der Waals surface area (Å²) in [5.41, 5.74) is 24.3. The number of nitro benzene ring substituents is 4. The first-order valence-corrected chi connectivity index (χ1v) is 36.5. The average molecular weight is 1780 g/mol. The summed E-state index contributed by atoms with van der Waals surface area (Å²) in [6, 6.07) is 55.9. The lowest BCUT2D eigenvalue weighted by molar-refractivity contribution is -0.387. The van der Waals surface area contributed by atoms with E-state index >= 15 is 0 Å². The Morgan fingerprint density at radius 2 is 0.721 bits per heavy atom. The standard InChI is InChI=1S/C18H15ClN4O3.C18H17ClN4O.C14H12ClN3O3.C13H8ClFN2O3.C7H5ClO2.C6H5FN2O2.C5H5F3O2/c1-11-9-12(2)22(21-11)16-8-7-15(10-17(16)23(25)26)20-18(24)13-3-5-14(19)6-4-13;1-11-9-12(2)23(22-11)17-8-7-15(10-16(17)20)21-18(24)13-3-5-14(19)6-4-13;15-11-4-1-9(2-5-11)14(19)17-12-6-3-10(8-16)13(7-12)18(20)21;14-9-3-1-8(2-4-9)13(18)16-10-5-6-11(15)12(7-10)17(19)20;8-6-3-1-5(2-4-6)7(9)10;7-5-2-1-4(8)3-6(5)9(10)11;1-3(9)2-4(10)5(6,7)8/h3-10H,1-2H3,(H,20,24);3-10H,20H2,1-2H3,(H,21,24);1-7H,8,16H2,(H,17,19);1-7H,(H,16,18);1-4H,(H,9,10);1-3H,8H2;2H2,1H3. The third-order valence-electron chi connectivity index (χ3n) is 15.8. The van der Waals surface area contributed by atoms with Crippen LogP contribution in [-0.2, 0) is 16.1 Å². The first-order chi connectivity index (χ1) is 57.4. The number of Topliss-reactive ketones (excluding diaryl/α,β-unsaturated/α-hetero) is 2. The van der Waals surface area contributed by atoms with Crippen LogP contribution in [0.2, 0.25) is 25.1 Å². The number of alkyl halides is 3. The number of carbonyl (C=O) groups is 7. The van der Waals surface area contributed by atoms with Gasteiger partial charge in [0.2, 0.25) is 17.4 Å². The first-order valence-electron chi connectivity index (χ1n) is 34.6. The van der Waals surface area contributed by atoms with Crippen molar-refractivity contribution in [3.8, 4) is 11.4 Å². The Balaban J connectivity index is 0.000000227. The summed E-state index contributed by atoms with van der Waals surface area (Å²) in [6.45, 7) is 8.53. The molecule has 31 nitrogen and oxygen atoms in total. The number of hydrogen-bond acceptors (Lipinski definition) is 20. The van der Waals surface area contributed by atoms with Gasteiger partial charge in [-0.2, -0.15) is 32.1 Å². The molecule has 2 aromatic heterocycles. The van der Waals surface area contributed by atoms with Crippen molar-refractivity contribution in [3.63, 3.8) is 0 Å². The SMILES string of the molecule is CC(=O)CC(=O)C(F)(F)F.Cc1cc(C)n(-c2ccc(NC(=O)c3ccc(Cl)cc3)cc2N)n1.Cc1cc(C)n(-c2ccc(NC(=O)c3ccc(Cl)cc3)cc2[N+](=O)[O-])n1.NCc1ccc(NC(=O)c2ccc(Cl)cc2)cc1[N+](=O)[O-].Nc1ccc(F)c([N+](=O)[O-])c1.O=C(Nc1ccc(F)c([N+](=O)[O-])c1)c1ccc(Cl)cc1.O=C(O)c1ccc(Cl)cc1. The quantitative estimate of drug-likeness (QED) is 0.0130. The lowest BCUT2D eigenvalue weighted by Gasteiger charge is -2.11. The number of hydrogen-bond donors (Lipinski definition) is 8. The molecule has 12 aromatic rings. The molecule has 0 aliphatic rings. The van der Waals surface area contributed by atoms with E-state index in [1.807, 2.05) is 45.9 Å². The van der Waals surface area contributed by atoms with E-state index in [0.717, 1.165) is 59.7 Å². The smallest absolute Gasteiger partial charge is 0.450 e. The van der Waals surface area contributed by atoms with Crippen molar-refractivity contribution in [2.75, 3.05) is 32.7 Å². The monoisotopic (exact) mass is 1780 g/mol. The average Bonchev–Trinajstić information content (AvgIpc) is 1.72. The van der Waals surface area contributed by atoms with Gasteiger partial charge in [0, 0.05) is 124 Å². The van der Waals surface area contributed by atoms with Gasteiger partial charge in [0.25, 0.3) is 35.0 Å². The number of carboxylic acids is 1. The van der Waals surface area contributed by atoms with Crippen LogP contribution in [0.25, 0.3) is 11.4 Å². The molecule has 632 valence electrons. The molecule has 0 aliphatic carbocycles. The molecular weight excluding hydrogens is 1710 g/mol. The largest absolute Gasteiger partial charge is 0.478 e. The second-order valence-electron chi connectivity index (χ2n) is 25.1. The van der Waals surface area contributed by atoms with Gasteiger partial charge in [0.1, 0.15) is 11.5 Å². The van der Waals surface area contributed by atoms with E-state index < -0.39 is 78.7 Å². The van der Waals surface area contributed by atoms with Gasteiger partial charge in [-0.1, -0.05) is 58.0 Å². The Labute approximate surface area is 713 Å². The number of nitrogen functional groups attached to an aromatic ring is 2. The van der Waals surface area contributed by atoms with Crippen LogP contribution in [0.1, 0.15) is 93.5 Å². The van der Waals surface area contributed by atoms with E-state index in [1.54, 1.807) is 132 Å². The van der Waals surface area contributed by atoms with Crippen molar-refractivity contribution in [3.05, 3.63) is 358 Å².